The molecule has 1 aliphatic heterocycles. The van der Waals surface area contributed by atoms with Crippen LogP contribution in [0.4, 0.5) is 5.69 Å². The van der Waals surface area contributed by atoms with Crippen LogP contribution >= 0.6 is 11.6 Å². The van der Waals surface area contributed by atoms with Crippen LogP contribution in [0.3, 0.4) is 0 Å². The van der Waals surface area contributed by atoms with E-state index in [-0.39, 0.29) is 11.7 Å². The lowest BCUT2D eigenvalue weighted by Crippen LogP contribution is -2.59. The molecule has 1 fully saturated rings. The van der Waals surface area contributed by atoms with Crippen molar-refractivity contribution in [1.82, 2.24) is 0 Å². The first kappa shape index (κ1) is 13.6. The summed E-state index contributed by atoms with van der Waals surface area (Å²) >= 11 is 5.85. The molecule has 0 bridgehead atoms. The van der Waals surface area contributed by atoms with Gasteiger partial charge >= 0.3 is 0 Å². The Morgan fingerprint density at radius 2 is 1.67 bits per heavy atom. The summed E-state index contributed by atoms with van der Waals surface area (Å²) in [5.41, 5.74) is 1.53. The van der Waals surface area contributed by atoms with Crippen molar-refractivity contribution in [2.45, 2.75) is 6.04 Å². The second-order valence-corrected chi connectivity index (χ2v) is 5.25. The fraction of sp³-hybridized carbons (Fsp3) is 0.0588. The van der Waals surface area contributed by atoms with E-state index in [1.165, 1.54) is 4.90 Å². The van der Waals surface area contributed by atoms with Gasteiger partial charge in [-0.1, -0.05) is 48.5 Å². The van der Waals surface area contributed by atoms with Crippen molar-refractivity contribution in [3.8, 4) is 0 Å². The van der Waals surface area contributed by atoms with Crippen molar-refractivity contribution in [3.05, 3.63) is 77.3 Å². The number of anilines is 1. The molecular weight excluding hydrogens is 286 g/mol. The molecule has 3 nitrogen and oxygen atoms in total. The van der Waals surface area contributed by atoms with Crippen molar-refractivity contribution >= 4 is 29.0 Å². The minimum absolute atomic E-state index is 0.129. The molecule has 4 heteroatoms. The Labute approximate surface area is 127 Å². The minimum atomic E-state index is -0.638. The number of carbonyl (C=O) groups excluding carboxylic acids is 2. The SMILES string of the molecule is C=C1C(=O)N(c2ccc(Cl)cc2)C1C(=O)c1ccccc1. The molecule has 3 rings (SSSR count). The number of benzene rings is 2. The van der Waals surface area contributed by atoms with Crippen molar-refractivity contribution in [2.75, 3.05) is 4.90 Å². The topological polar surface area (TPSA) is 37.4 Å². The van der Waals surface area contributed by atoms with Crippen LogP contribution in [0.2, 0.25) is 5.02 Å². The Balaban J connectivity index is 1.94. The summed E-state index contributed by atoms with van der Waals surface area (Å²) in [6, 6.07) is 15.1. The van der Waals surface area contributed by atoms with Crippen LogP contribution < -0.4 is 4.90 Å². The molecule has 1 aliphatic rings. The van der Waals surface area contributed by atoms with E-state index < -0.39 is 6.04 Å². The second kappa shape index (κ2) is 5.19. The van der Waals surface area contributed by atoms with Crippen molar-refractivity contribution in [1.29, 1.82) is 0 Å². The number of hydrogen-bond donors (Lipinski definition) is 0. The van der Waals surface area contributed by atoms with Gasteiger partial charge in [0.25, 0.3) is 5.91 Å². The van der Waals surface area contributed by atoms with Gasteiger partial charge in [-0.3, -0.25) is 14.5 Å². The molecule has 1 saturated heterocycles. The van der Waals surface area contributed by atoms with Gasteiger partial charge in [0, 0.05) is 21.8 Å². The van der Waals surface area contributed by atoms with E-state index in [4.69, 9.17) is 11.6 Å². The fourth-order valence-corrected chi connectivity index (χ4v) is 2.51. The molecule has 104 valence electrons. The molecule has 0 aliphatic carbocycles. The van der Waals surface area contributed by atoms with Crippen LogP contribution in [0.25, 0.3) is 0 Å². The summed E-state index contributed by atoms with van der Waals surface area (Å²) in [5, 5.41) is 0.580. The number of hydrogen-bond acceptors (Lipinski definition) is 2. The molecule has 1 atom stereocenters. The Hall–Kier alpha value is -2.39. The number of amides is 1. The second-order valence-electron chi connectivity index (χ2n) is 4.81. The van der Waals surface area contributed by atoms with E-state index in [2.05, 4.69) is 6.58 Å². The van der Waals surface area contributed by atoms with Crippen LogP contribution in [0.5, 0.6) is 0 Å². The molecule has 1 heterocycles. The maximum atomic E-state index is 12.6. The number of β-lactam (4-membered cyclic amide) rings is 1. The monoisotopic (exact) mass is 297 g/mol. The van der Waals surface area contributed by atoms with Gasteiger partial charge in [-0.2, -0.15) is 0 Å². The van der Waals surface area contributed by atoms with Gasteiger partial charge < -0.3 is 0 Å². The summed E-state index contributed by atoms with van der Waals surface area (Å²) in [5.74, 6) is -0.359. The average molecular weight is 298 g/mol. The van der Waals surface area contributed by atoms with Crippen molar-refractivity contribution in [2.24, 2.45) is 0 Å². The lowest BCUT2D eigenvalue weighted by molar-refractivity contribution is -0.118. The Morgan fingerprint density at radius 1 is 1.05 bits per heavy atom. The highest BCUT2D eigenvalue weighted by atomic mass is 35.5. The van der Waals surface area contributed by atoms with Gasteiger partial charge in [0.2, 0.25) is 0 Å². The average Bonchev–Trinajstić information content (AvgIpc) is 2.53. The highest BCUT2D eigenvalue weighted by Gasteiger charge is 2.46. The first-order chi connectivity index (χ1) is 10.1. The molecule has 0 radical (unpaired) electrons. The van der Waals surface area contributed by atoms with E-state index in [0.29, 0.717) is 21.8 Å². The maximum absolute atomic E-state index is 12.6. The summed E-state index contributed by atoms with van der Waals surface area (Å²) < 4.78 is 0. The van der Waals surface area contributed by atoms with Gasteiger partial charge in [-0.15, -0.1) is 0 Å². The van der Waals surface area contributed by atoms with Crippen LogP contribution in [0.15, 0.2) is 66.7 Å². The quantitative estimate of drug-likeness (QED) is 0.494. The van der Waals surface area contributed by atoms with Crippen molar-refractivity contribution < 1.29 is 9.59 Å². The molecule has 1 amide bonds. The van der Waals surface area contributed by atoms with Gasteiger partial charge in [0.05, 0.1) is 0 Å². The highest BCUT2D eigenvalue weighted by Crippen LogP contribution is 2.33. The molecule has 1 unspecified atom stereocenters. The summed E-state index contributed by atoms with van der Waals surface area (Å²) in [7, 11) is 0. The number of nitrogens with zero attached hydrogens (tertiary/aromatic N) is 1. The highest BCUT2D eigenvalue weighted by molar-refractivity contribution is 6.31. The maximum Gasteiger partial charge on any atom is 0.257 e. The first-order valence-electron chi connectivity index (χ1n) is 6.47. The molecule has 2 aromatic rings. The molecule has 0 spiro atoms. The normalized spacial score (nSPS) is 17.6. The Kier molecular flexibility index (Phi) is 3.35. The molecule has 0 saturated carbocycles. The first-order valence-corrected chi connectivity index (χ1v) is 6.84. The van der Waals surface area contributed by atoms with Crippen LogP contribution in [0.1, 0.15) is 10.4 Å². The zero-order valence-electron chi connectivity index (χ0n) is 11.1. The van der Waals surface area contributed by atoms with E-state index in [1.807, 2.05) is 6.07 Å². The third-order valence-corrected chi connectivity index (χ3v) is 3.75. The standard InChI is InChI=1S/C17H12ClNO2/c1-11-15(16(20)12-5-3-2-4-6-12)19(17(11)21)14-9-7-13(18)8-10-14/h2-10,15H,1H2. The summed E-state index contributed by atoms with van der Waals surface area (Å²) in [4.78, 5) is 26.0. The van der Waals surface area contributed by atoms with E-state index in [0.717, 1.165) is 0 Å². The predicted molar refractivity (Wildman–Crippen MR) is 82.6 cm³/mol. The molecule has 0 aromatic heterocycles. The lowest BCUT2D eigenvalue weighted by atomic mass is 9.88. The van der Waals surface area contributed by atoms with Gasteiger partial charge in [-0.05, 0) is 24.3 Å². The zero-order chi connectivity index (χ0) is 15.0. The number of rotatable bonds is 3. The van der Waals surface area contributed by atoms with Gasteiger partial charge in [0.15, 0.2) is 5.78 Å². The van der Waals surface area contributed by atoms with Crippen molar-refractivity contribution in [3.63, 3.8) is 0 Å². The van der Waals surface area contributed by atoms with E-state index >= 15 is 0 Å². The largest absolute Gasteiger partial charge is 0.293 e. The Morgan fingerprint density at radius 3 is 2.29 bits per heavy atom. The third-order valence-electron chi connectivity index (χ3n) is 3.49. The number of halogens is 1. The van der Waals surface area contributed by atoms with Crippen LogP contribution in [-0.4, -0.2) is 17.7 Å². The number of Topliss-reactive ketones (excluding diaryl/α,β-unsaturated/α-hetero) is 1. The molecular formula is C17H12ClNO2. The smallest absolute Gasteiger partial charge is 0.257 e. The molecule has 21 heavy (non-hydrogen) atoms. The summed E-state index contributed by atoms with van der Waals surface area (Å²) in [6.45, 7) is 3.72. The molecule has 0 N–H and O–H groups in total. The fourth-order valence-electron chi connectivity index (χ4n) is 2.38. The van der Waals surface area contributed by atoms with Crippen LogP contribution in [-0.2, 0) is 4.79 Å². The molecule has 2 aromatic carbocycles. The van der Waals surface area contributed by atoms with Gasteiger partial charge in [-0.25, -0.2) is 0 Å². The zero-order valence-corrected chi connectivity index (χ0v) is 11.9. The number of ketones is 1. The van der Waals surface area contributed by atoms with Gasteiger partial charge in [0.1, 0.15) is 6.04 Å². The van der Waals surface area contributed by atoms with Crippen LogP contribution in [0, 0.1) is 0 Å². The predicted octanol–water partition coefficient (Wildman–Crippen LogP) is 3.49. The lowest BCUT2D eigenvalue weighted by Gasteiger charge is -2.41. The Bertz CT molecular complexity index is 722. The minimum Gasteiger partial charge on any atom is -0.293 e. The van der Waals surface area contributed by atoms with E-state index in [1.54, 1.807) is 48.5 Å². The summed E-state index contributed by atoms with van der Waals surface area (Å²) in [6.07, 6.45) is 0. The van der Waals surface area contributed by atoms with E-state index in [9.17, 15) is 9.59 Å². The third kappa shape index (κ3) is 2.26. The number of carbonyl (C=O) groups is 2.